The van der Waals surface area contributed by atoms with Crippen LogP contribution in [0.3, 0.4) is 0 Å². The van der Waals surface area contributed by atoms with Crippen molar-refractivity contribution in [2.45, 2.75) is 19.4 Å². The van der Waals surface area contributed by atoms with E-state index < -0.39 is 22.5 Å². The maximum atomic E-state index is 13.7. The predicted octanol–water partition coefficient (Wildman–Crippen LogP) is 1.06. The molecule has 0 saturated heterocycles. The molecule has 2 atom stereocenters. The third kappa shape index (κ3) is 6.06. The first-order chi connectivity index (χ1) is 9.93. The SMILES string of the molecule is CC(CCS(C)=O)NC(=O)c1cc(C#CCO)ccc1F. The van der Waals surface area contributed by atoms with E-state index in [1.807, 2.05) is 0 Å². The van der Waals surface area contributed by atoms with Crippen molar-refractivity contribution >= 4 is 16.7 Å². The number of carbonyl (C=O) groups excluding carboxylic acids is 1. The lowest BCUT2D eigenvalue weighted by Gasteiger charge is -2.13. The summed E-state index contributed by atoms with van der Waals surface area (Å²) in [5, 5.41) is 11.3. The summed E-state index contributed by atoms with van der Waals surface area (Å²) in [6.07, 6.45) is 2.15. The van der Waals surface area contributed by atoms with E-state index in [2.05, 4.69) is 17.2 Å². The van der Waals surface area contributed by atoms with Crippen LogP contribution >= 0.6 is 0 Å². The zero-order valence-electron chi connectivity index (χ0n) is 12.0. The van der Waals surface area contributed by atoms with Crippen LogP contribution in [0.5, 0.6) is 0 Å². The number of aliphatic hydroxyl groups excluding tert-OH is 1. The minimum atomic E-state index is -0.925. The van der Waals surface area contributed by atoms with E-state index in [1.165, 1.54) is 18.2 Å². The maximum Gasteiger partial charge on any atom is 0.254 e. The Morgan fingerprint density at radius 3 is 2.86 bits per heavy atom. The van der Waals surface area contributed by atoms with Crippen molar-refractivity contribution in [3.8, 4) is 11.8 Å². The van der Waals surface area contributed by atoms with Crippen LogP contribution in [0.4, 0.5) is 4.39 Å². The van der Waals surface area contributed by atoms with E-state index in [1.54, 1.807) is 13.2 Å². The fourth-order valence-corrected chi connectivity index (χ4v) is 2.32. The smallest absolute Gasteiger partial charge is 0.254 e. The third-order valence-corrected chi connectivity index (χ3v) is 3.55. The summed E-state index contributed by atoms with van der Waals surface area (Å²) >= 11 is 0. The summed E-state index contributed by atoms with van der Waals surface area (Å²) in [5.41, 5.74) is 0.363. The summed E-state index contributed by atoms with van der Waals surface area (Å²) in [6, 6.07) is 3.76. The number of nitrogens with one attached hydrogen (secondary N) is 1. The van der Waals surface area contributed by atoms with Gasteiger partial charge < -0.3 is 10.4 Å². The second-order valence-electron chi connectivity index (χ2n) is 4.60. The van der Waals surface area contributed by atoms with E-state index in [4.69, 9.17) is 5.11 Å². The Morgan fingerprint density at radius 2 is 2.24 bits per heavy atom. The van der Waals surface area contributed by atoms with Crippen LogP contribution in [0.15, 0.2) is 18.2 Å². The fraction of sp³-hybridized carbons (Fsp3) is 0.400. The average Bonchev–Trinajstić information content (AvgIpc) is 2.44. The van der Waals surface area contributed by atoms with E-state index >= 15 is 0 Å². The molecule has 0 aromatic heterocycles. The largest absolute Gasteiger partial charge is 0.384 e. The Kier molecular flexibility index (Phi) is 7.06. The number of rotatable bonds is 5. The van der Waals surface area contributed by atoms with Crippen molar-refractivity contribution in [2.75, 3.05) is 18.6 Å². The molecule has 0 radical (unpaired) electrons. The molecular formula is C15H18FNO3S. The first-order valence-electron chi connectivity index (χ1n) is 6.44. The molecule has 1 aromatic carbocycles. The third-order valence-electron chi connectivity index (χ3n) is 2.74. The van der Waals surface area contributed by atoms with Crippen LogP contribution in [0.2, 0.25) is 0 Å². The molecule has 0 fully saturated rings. The van der Waals surface area contributed by atoms with Crippen LogP contribution in [0.1, 0.15) is 29.3 Å². The van der Waals surface area contributed by atoms with Gasteiger partial charge in [-0.3, -0.25) is 9.00 Å². The topological polar surface area (TPSA) is 66.4 Å². The predicted molar refractivity (Wildman–Crippen MR) is 80.8 cm³/mol. The molecule has 1 rings (SSSR count). The Hall–Kier alpha value is -1.71. The first kappa shape index (κ1) is 17.3. The van der Waals surface area contributed by atoms with Gasteiger partial charge in [-0.15, -0.1) is 0 Å². The van der Waals surface area contributed by atoms with Gasteiger partial charge in [0.1, 0.15) is 12.4 Å². The molecule has 0 aliphatic heterocycles. The van der Waals surface area contributed by atoms with Gasteiger partial charge in [-0.1, -0.05) is 11.8 Å². The lowest BCUT2D eigenvalue weighted by atomic mass is 10.1. The van der Waals surface area contributed by atoms with Gasteiger partial charge in [-0.25, -0.2) is 4.39 Å². The second kappa shape index (κ2) is 8.55. The molecule has 0 aliphatic carbocycles. The zero-order chi connectivity index (χ0) is 15.8. The summed E-state index contributed by atoms with van der Waals surface area (Å²) in [7, 11) is -0.925. The number of aliphatic hydroxyl groups is 1. The fourth-order valence-electron chi connectivity index (χ4n) is 1.64. The number of carbonyl (C=O) groups is 1. The minimum absolute atomic E-state index is 0.0933. The molecule has 6 heteroatoms. The lowest BCUT2D eigenvalue weighted by molar-refractivity contribution is 0.0935. The van der Waals surface area contributed by atoms with Gasteiger partial charge >= 0.3 is 0 Å². The van der Waals surface area contributed by atoms with Gasteiger partial charge in [0, 0.05) is 34.4 Å². The molecule has 0 heterocycles. The molecule has 0 bridgehead atoms. The Balaban J connectivity index is 2.79. The van der Waals surface area contributed by atoms with E-state index in [0.717, 1.165) is 0 Å². The number of hydrogen-bond acceptors (Lipinski definition) is 3. The van der Waals surface area contributed by atoms with Gasteiger partial charge in [0.05, 0.1) is 5.56 Å². The van der Waals surface area contributed by atoms with Crippen molar-refractivity contribution in [1.82, 2.24) is 5.32 Å². The van der Waals surface area contributed by atoms with Gasteiger partial charge in [0.25, 0.3) is 5.91 Å². The van der Waals surface area contributed by atoms with E-state index in [-0.39, 0.29) is 18.2 Å². The molecule has 0 spiro atoms. The highest BCUT2D eigenvalue weighted by molar-refractivity contribution is 7.84. The second-order valence-corrected chi connectivity index (χ2v) is 6.15. The molecule has 2 unspecified atom stereocenters. The summed E-state index contributed by atoms with van der Waals surface area (Å²) < 4.78 is 24.7. The maximum absolute atomic E-state index is 13.7. The van der Waals surface area contributed by atoms with E-state index in [9.17, 15) is 13.4 Å². The van der Waals surface area contributed by atoms with Crippen LogP contribution in [0, 0.1) is 17.7 Å². The Bertz CT molecular complexity index is 592. The molecular weight excluding hydrogens is 293 g/mol. The molecule has 0 saturated carbocycles. The number of benzene rings is 1. The van der Waals surface area contributed by atoms with Gasteiger partial charge in [0.2, 0.25) is 0 Å². The summed E-state index contributed by atoms with van der Waals surface area (Å²) in [5.74, 6) is 4.38. The van der Waals surface area contributed by atoms with Crippen LogP contribution < -0.4 is 5.32 Å². The Morgan fingerprint density at radius 1 is 1.52 bits per heavy atom. The summed E-state index contributed by atoms with van der Waals surface area (Å²) in [4.78, 5) is 12.0. The zero-order valence-corrected chi connectivity index (χ0v) is 12.8. The number of hydrogen-bond donors (Lipinski definition) is 2. The van der Waals surface area contributed by atoms with Crippen molar-refractivity contribution in [2.24, 2.45) is 0 Å². The molecule has 21 heavy (non-hydrogen) atoms. The monoisotopic (exact) mass is 311 g/mol. The number of amides is 1. The number of halogens is 1. The van der Waals surface area contributed by atoms with Crippen molar-refractivity contribution < 1.29 is 18.5 Å². The standard InChI is InChI=1S/C15H18FNO3S/c1-11(7-9-21(2)20)17-15(19)13-10-12(4-3-8-18)5-6-14(13)16/h5-6,10-11,18H,7-9H2,1-2H3,(H,17,19). The quantitative estimate of drug-likeness (QED) is 0.799. The average molecular weight is 311 g/mol. The van der Waals surface area contributed by atoms with E-state index in [0.29, 0.717) is 17.7 Å². The molecule has 1 amide bonds. The highest BCUT2D eigenvalue weighted by atomic mass is 32.2. The van der Waals surface area contributed by atoms with Gasteiger partial charge in [-0.2, -0.15) is 0 Å². The highest BCUT2D eigenvalue weighted by Crippen LogP contribution is 2.10. The molecule has 1 aromatic rings. The molecule has 0 aliphatic rings. The van der Waals surface area contributed by atoms with Crippen molar-refractivity contribution in [3.05, 3.63) is 35.1 Å². The molecule has 2 N–H and O–H groups in total. The van der Waals surface area contributed by atoms with Gasteiger partial charge in [0.15, 0.2) is 0 Å². The lowest BCUT2D eigenvalue weighted by Crippen LogP contribution is -2.34. The van der Waals surface area contributed by atoms with Crippen LogP contribution in [0.25, 0.3) is 0 Å². The van der Waals surface area contributed by atoms with Crippen LogP contribution in [-0.4, -0.2) is 39.9 Å². The van der Waals surface area contributed by atoms with Gasteiger partial charge in [-0.05, 0) is 31.5 Å². The Labute approximate surface area is 126 Å². The summed E-state index contributed by atoms with van der Waals surface area (Å²) in [6.45, 7) is 1.47. The highest BCUT2D eigenvalue weighted by Gasteiger charge is 2.14. The molecule has 4 nitrogen and oxygen atoms in total. The normalized spacial score (nSPS) is 13.0. The molecule has 114 valence electrons. The minimum Gasteiger partial charge on any atom is -0.384 e. The van der Waals surface area contributed by atoms with Crippen molar-refractivity contribution in [3.63, 3.8) is 0 Å². The van der Waals surface area contributed by atoms with Crippen molar-refractivity contribution in [1.29, 1.82) is 0 Å². The first-order valence-corrected chi connectivity index (χ1v) is 8.17. The van der Waals surface area contributed by atoms with Crippen LogP contribution in [-0.2, 0) is 10.8 Å².